The Hall–Kier alpha value is -1.29. The van der Waals surface area contributed by atoms with Crippen molar-refractivity contribution in [2.75, 3.05) is 5.32 Å². The lowest BCUT2D eigenvalue weighted by molar-refractivity contribution is -0.128. The van der Waals surface area contributed by atoms with Crippen LogP contribution in [0.15, 0.2) is 29.2 Å². The third-order valence-corrected chi connectivity index (χ3v) is 7.42. The molecule has 0 aliphatic heterocycles. The smallest absolute Gasteiger partial charge is 0.230 e. The first-order valence-electron chi connectivity index (χ1n) is 11.5. The molecule has 0 atom stereocenters. The van der Waals surface area contributed by atoms with Crippen molar-refractivity contribution in [2.24, 2.45) is 17.3 Å². The summed E-state index contributed by atoms with van der Waals surface area (Å²) in [6.45, 7) is 8.74. The van der Waals surface area contributed by atoms with E-state index in [4.69, 9.17) is 0 Å². The van der Waals surface area contributed by atoms with Gasteiger partial charge in [0.05, 0.1) is 5.69 Å². The van der Waals surface area contributed by atoms with Gasteiger partial charge < -0.3 is 5.32 Å². The summed E-state index contributed by atoms with van der Waals surface area (Å²) in [5, 5.41) is 3.40. The number of amides is 1. The molecular weight excluding hydrogens is 378 g/mol. The third kappa shape index (κ3) is 7.16. The number of rotatable bonds is 10. The number of benzene rings is 1. The third-order valence-electron chi connectivity index (χ3n) is 6.41. The summed E-state index contributed by atoms with van der Waals surface area (Å²) < 4.78 is 0. The molecule has 0 unspecified atom stereocenters. The molecule has 1 aromatic rings. The van der Waals surface area contributed by atoms with E-state index in [1.54, 1.807) is 0 Å². The molecule has 1 N–H and O–H groups in total. The van der Waals surface area contributed by atoms with Gasteiger partial charge in [0, 0.05) is 16.7 Å². The van der Waals surface area contributed by atoms with Gasteiger partial charge in [-0.05, 0) is 61.4 Å². The SMILES string of the molecule is CCC(CC)CC1(C(=O)Nc2ccccc2SC(=O)CCC(C)C)CCCCC1. The van der Waals surface area contributed by atoms with Crippen molar-refractivity contribution in [1.29, 1.82) is 0 Å². The summed E-state index contributed by atoms with van der Waals surface area (Å²) in [5.41, 5.74) is 0.531. The van der Waals surface area contributed by atoms with Crippen molar-refractivity contribution in [3.05, 3.63) is 24.3 Å². The lowest BCUT2D eigenvalue weighted by atomic mass is 9.67. The number of carbonyl (C=O) groups excluding carboxylic acids is 2. The molecule has 1 fully saturated rings. The number of nitrogens with one attached hydrogen (secondary N) is 1. The molecule has 0 heterocycles. The molecule has 0 saturated heterocycles. The lowest BCUT2D eigenvalue weighted by Gasteiger charge is -2.38. The molecule has 3 nitrogen and oxygen atoms in total. The molecular formula is C25H39NO2S. The minimum absolute atomic E-state index is 0.159. The highest BCUT2D eigenvalue weighted by Gasteiger charge is 2.40. The minimum atomic E-state index is -0.256. The van der Waals surface area contributed by atoms with Gasteiger partial charge >= 0.3 is 0 Å². The minimum Gasteiger partial charge on any atom is -0.325 e. The maximum atomic E-state index is 13.5. The lowest BCUT2D eigenvalue weighted by Crippen LogP contribution is -2.39. The summed E-state index contributed by atoms with van der Waals surface area (Å²) in [4.78, 5) is 26.8. The van der Waals surface area contributed by atoms with Gasteiger partial charge in [-0.1, -0.05) is 71.9 Å². The monoisotopic (exact) mass is 417 g/mol. The first-order chi connectivity index (χ1) is 13.9. The van der Waals surface area contributed by atoms with Crippen LogP contribution in [-0.2, 0) is 9.59 Å². The Morgan fingerprint density at radius 3 is 2.34 bits per heavy atom. The van der Waals surface area contributed by atoms with Crippen LogP contribution < -0.4 is 5.32 Å². The summed E-state index contributed by atoms with van der Waals surface area (Å²) in [5.74, 6) is 1.28. The number of thioether (sulfide) groups is 1. The second kappa shape index (κ2) is 11.8. The predicted molar refractivity (Wildman–Crippen MR) is 124 cm³/mol. The highest BCUT2D eigenvalue weighted by Crippen LogP contribution is 2.44. The van der Waals surface area contributed by atoms with Crippen molar-refractivity contribution in [1.82, 2.24) is 0 Å². The Kier molecular flexibility index (Phi) is 9.74. The van der Waals surface area contributed by atoms with Gasteiger partial charge in [0.2, 0.25) is 5.91 Å². The fraction of sp³-hybridized carbons (Fsp3) is 0.680. The van der Waals surface area contributed by atoms with Gasteiger partial charge in [0.1, 0.15) is 0 Å². The van der Waals surface area contributed by atoms with E-state index in [1.165, 1.54) is 18.2 Å². The van der Waals surface area contributed by atoms with Crippen molar-refractivity contribution in [2.45, 2.75) is 96.8 Å². The number of carbonyl (C=O) groups is 2. The molecule has 0 bridgehead atoms. The predicted octanol–water partition coefficient (Wildman–Crippen LogP) is 7.46. The quantitative estimate of drug-likeness (QED) is 0.402. The Bertz CT molecular complexity index is 661. The second-order valence-electron chi connectivity index (χ2n) is 9.08. The van der Waals surface area contributed by atoms with Gasteiger partial charge in [0.15, 0.2) is 5.12 Å². The Morgan fingerprint density at radius 2 is 1.72 bits per heavy atom. The van der Waals surface area contributed by atoms with Crippen molar-refractivity contribution in [3.63, 3.8) is 0 Å². The maximum Gasteiger partial charge on any atom is 0.230 e. The number of hydrogen-bond acceptors (Lipinski definition) is 3. The number of para-hydroxylation sites is 1. The standard InChI is InChI=1S/C25H39NO2S/c1-5-20(6-2)18-25(16-10-7-11-17-25)24(28)26-21-12-8-9-13-22(21)29-23(27)15-14-19(3)4/h8-9,12-13,19-20H,5-7,10-11,14-18H2,1-4H3,(H,26,28). The van der Waals surface area contributed by atoms with E-state index >= 15 is 0 Å². The molecule has 2 rings (SSSR count). The molecule has 1 aliphatic carbocycles. The Balaban J connectivity index is 2.14. The van der Waals surface area contributed by atoms with Crippen LogP contribution in [0.2, 0.25) is 0 Å². The first kappa shape index (κ1) is 24.0. The van der Waals surface area contributed by atoms with Crippen LogP contribution in [0.3, 0.4) is 0 Å². The molecule has 1 aliphatic rings. The zero-order valence-electron chi connectivity index (χ0n) is 18.8. The van der Waals surface area contributed by atoms with Crippen molar-refractivity contribution >= 4 is 28.5 Å². The second-order valence-corrected chi connectivity index (χ2v) is 10.2. The largest absolute Gasteiger partial charge is 0.325 e. The van der Waals surface area contributed by atoms with Gasteiger partial charge in [-0.25, -0.2) is 0 Å². The number of anilines is 1. The molecule has 4 heteroatoms. The van der Waals surface area contributed by atoms with Crippen LogP contribution >= 0.6 is 11.8 Å². The molecule has 1 aromatic carbocycles. The topological polar surface area (TPSA) is 46.2 Å². The summed E-state index contributed by atoms with van der Waals surface area (Å²) in [6, 6.07) is 7.76. The van der Waals surface area contributed by atoms with Gasteiger partial charge in [0.25, 0.3) is 0 Å². The molecule has 1 amide bonds. The van der Waals surface area contributed by atoms with Crippen molar-refractivity contribution in [3.8, 4) is 0 Å². The zero-order chi connectivity index (χ0) is 21.3. The Morgan fingerprint density at radius 1 is 1.07 bits per heavy atom. The molecule has 0 aromatic heterocycles. The van der Waals surface area contributed by atoms with E-state index in [0.717, 1.165) is 61.9 Å². The van der Waals surface area contributed by atoms with Crippen LogP contribution in [-0.4, -0.2) is 11.0 Å². The normalized spacial score (nSPS) is 16.2. The summed E-state index contributed by atoms with van der Waals surface area (Å²) in [7, 11) is 0. The maximum absolute atomic E-state index is 13.5. The average Bonchev–Trinajstić information content (AvgIpc) is 2.72. The summed E-state index contributed by atoms with van der Waals surface area (Å²) >= 11 is 1.27. The highest BCUT2D eigenvalue weighted by molar-refractivity contribution is 8.13. The van der Waals surface area contributed by atoms with E-state index in [0.29, 0.717) is 18.3 Å². The van der Waals surface area contributed by atoms with E-state index in [-0.39, 0.29) is 16.4 Å². The first-order valence-corrected chi connectivity index (χ1v) is 12.3. The fourth-order valence-electron chi connectivity index (χ4n) is 4.38. The van der Waals surface area contributed by atoms with Crippen LogP contribution in [0.4, 0.5) is 5.69 Å². The van der Waals surface area contributed by atoms with Gasteiger partial charge in [-0.3, -0.25) is 9.59 Å². The van der Waals surface area contributed by atoms with E-state index in [1.807, 2.05) is 24.3 Å². The van der Waals surface area contributed by atoms with Crippen molar-refractivity contribution < 1.29 is 9.59 Å². The van der Waals surface area contributed by atoms with Gasteiger partial charge in [-0.2, -0.15) is 0 Å². The van der Waals surface area contributed by atoms with E-state index in [9.17, 15) is 9.59 Å². The molecule has 0 spiro atoms. The van der Waals surface area contributed by atoms with Crippen LogP contribution in [0.5, 0.6) is 0 Å². The molecule has 162 valence electrons. The molecule has 0 radical (unpaired) electrons. The fourth-order valence-corrected chi connectivity index (χ4v) is 5.22. The Labute approximate surface area is 181 Å². The molecule has 1 saturated carbocycles. The van der Waals surface area contributed by atoms with Crippen LogP contribution in [0.1, 0.15) is 91.9 Å². The average molecular weight is 418 g/mol. The number of hydrogen-bond donors (Lipinski definition) is 1. The highest BCUT2D eigenvalue weighted by atomic mass is 32.2. The van der Waals surface area contributed by atoms with E-state index in [2.05, 4.69) is 33.0 Å². The summed E-state index contributed by atoms with van der Waals surface area (Å²) in [6.07, 6.45) is 10.2. The van der Waals surface area contributed by atoms with E-state index < -0.39 is 0 Å². The van der Waals surface area contributed by atoms with Crippen LogP contribution in [0.25, 0.3) is 0 Å². The zero-order valence-corrected chi connectivity index (χ0v) is 19.6. The van der Waals surface area contributed by atoms with Gasteiger partial charge in [-0.15, -0.1) is 0 Å². The molecule has 29 heavy (non-hydrogen) atoms. The van der Waals surface area contributed by atoms with Crippen LogP contribution in [0, 0.1) is 17.3 Å².